The molecule has 0 saturated heterocycles. The van der Waals surface area contributed by atoms with Crippen molar-refractivity contribution in [3.05, 3.63) is 99.6 Å². The third-order valence-electron chi connectivity index (χ3n) is 6.09. The van der Waals surface area contributed by atoms with Gasteiger partial charge in [-0.1, -0.05) is 42.5 Å². The van der Waals surface area contributed by atoms with Gasteiger partial charge >= 0.3 is 6.18 Å². The zero-order valence-corrected chi connectivity index (χ0v) is 20.1. The summed E-state index contributed by atoms with van der Waals surface area (Å²) < 4.78 is 45.0. The summed E-state index contributed by atoms with van der Waals surface area (Å²) in [6.45, 7) is 0.423. The number of nitrogens with zero attached hydrogens (tertiary/aromatic N) is 1. The van der Waals surface area contributed by atoms with Crippen LogP contribution >= 0.6 is 11.3 Å². The number of amides is 1. The number of aryl methyl sites for hydroxylation is 1. The van der Waals surface area contributed by atoms with Crippen molar-refractivity contribution in [2.45, 2.75) is 38.4 Å². The number of hydrogen-bond acceptors (Lipinski definition) is 4. The molecule has 0 bridgehead atoms. The van der Waals surface area contributed by atoms with Gasteiger partial charge in [-0.25, -0.2) is 4.99 Å². The van der Waals surface area contributed by atoms with Crippen LogP contribution in [-0.4, -0.2) is 12.1 Å². The Morgan fingerprint density at radius 1 is 1.03 bits per heavy atom. The summed E-state index contributed by atoms with van der Waals surface area (Å²) in [5, 5.41) is 3.63. The Balaban J connectivity index is 1.39. The van der Waals surface area contributed by atoms with Gasteiger partial charge < -0.3 is 9.73 Å². The number of alkyl halides is 3. The fourth-order valence-electron chi connectivity index (χ4n) is 4.29. The van der Waals surface area contributed by atoms with Crippen molar-refractivity contribution in [1.29, 1.82) is 0 Å². The first-order chi connectivity index (χ1) is 17.4. The van der Waals surface area contributed by atoms with Gasteiger partial charge in [-0.05, 0) is 61.1 Å². The predicted octanol–water partition coefficient (Wildman–Crippen LogP) is 7.59. The van der Waals surface area contributed by atoms with E-state index in [1.807, 2.05) is 30.3 Å². The monoisotopic (exact) mass is 508 g/mol. The molecule has 1 amide bonds. The number of aliphatic imine (C=N–C) groups is 1. The van der Waals surface area contributed by atoms with Gasteiger partial charge in [-0.15, -0.1) is 11.3 Å². The van der Waals surface area contributed by atoms with E-state index in [2.05, 4.69) is 10.3 Å². The fraction of sp³-hybridized carbons (Fsp3) is 0.214. The van der Waals surface area contributed by atoms with E-state index in [0.717, 1.165) is 48.9 Å². The average molecular weight is 509 g/mol. The highest BCUT2D eigenvalue weighted by Crippen LogP contribution is 2.40. The van der Waals surface area contributed by atoms with Gasteiger partial charge in [0, 0.05) is 17.0 Å². The molecule has 36 heavy (non-hydrogen) atoms. The van der Waals surface area contributed by atoms with Crippen LogP contribution in [0.3, 0.4) is 0 Å². The number of halogens is 3. The number of hydrogen-bond donors (Lipinski definition) is 1. The van der Waals surface area contributed by atoms with Gasteiger partial charge in [-0.2, -0.15) is 13.2 Å². The van der Waals surface area contributed by atoms with Gasteiger partial charge in [0.1, 0.15) is 16.5 Å². The standard InChI is InChI=1S/C28H23F3N2O2S/c29-28(30,31)20-10-6-9-19(15-20)23-14-13-21(35-23)17-33-27-25(22-11-4-5-12-24(22)36-27)26(34)32-16-18-7-2-1-3-8-18/h1-3,6-10,13-15,17H,4-5,11-12,16H2,(H,32,34)/b33-17-. The third-order valence-corrected chi connectivity index (χ3v) is 7.29. The summed E-state index contributed by atoms with van der Waals surface area (Å²) in [5.74, 6) is 0.549. The number of nitrogens with one attached hydrogen (secondary N) is 1. The molecule has 2 aromatic carbocycles. The fourth-order valence-corrected chi connectivity index (χ4v) is 5.52. The molecule has 0 saturated carbocycles. The molecule has 1 aliphatic rings. The van der Waals surface area contributed by atoms with Crippen LogP contribution in [0.25, 0.3) is 11.3 Å². The van der Waals surface area contributed by atoms with Crippen molar-refractivity contribution >= 4 is 28.5 Å². The van der Waals surface area contributed by atoms with Crippen LogP contribution in [0.15, 0.2) is 76.1 Å². The zero-order chi connectivity index (χ0) is 25.1. The van der Waals surface area contributed by atoms with E-state index in [1.54, 1.807) is 18.2 Å². The van der Waals surface area contributed by atoms with Crippen molar-refractivity contribution in [1.82, 2.24) is 5.32 Å². The van der Waals surface area contributed by atoms with Gasteiger partial charge in [0.05, 0.1) is 17.3 Å². The third kappa shape index (κ3) is 5.28. The maximum absolute atomic E-state index is 13.2. The van der Waals surface area contributed by atoms with Gasteiger partial charge in [0.15, 0.2) is 0 Å². The van der Waals surface area contributed by atoms with E-state index in [0.29, 0.717) is 34.2 Å². The molecular weight excluding hydrogens is 485 g/mol. The molecule has 4 aromatic rings. The molecule has 8 heteroatoms. The molecule has 5 rings (SSSR count). The van der Waals surface area contributed by atoms with E-state index >= 15 is 0 Å². The van der Waals surface area contributed by atoms with Crippen molar-refractivity contribution < 1.29 is 22.4 Å². The van der Waals surface area contributed by atoms with E-state index in [9.17, 15) is 18.0 Å². The van der Waals surface area contributed by atoms with Crippen LogP contribution in [-0.2, 0) is 25.6 Å². The molecule has 0 spiro atoms. The Hall–Kier alpha value is -3.65. The van der Waals surface area contributed by atoms with Crippen LogP contribution in [0.2, 0.25) is 0 Å². The van der Waals surface area contributed by atoms with E-state index in [4.69, 9.17) is 4.42 Å². The molecule has 1 aliphatic carbocycles. The van der Waals surface area contributed by atoms with Crippen LogP contribution in [0, 0.1) is 0 Å². The maximum Gasteiger partial charge on any atom is 0.416 e. The number of carbonyl (C=O) groups excluding carboxylic acids is 1. The zero-order valence-electron chi connectivity index (χ0n) is 19.3. The lowest BCUT2D eigenvalue weighted by Gasteiger charge is -2.12. The normalized spacial score (nSPS) is 13.6. The summed E-state index contributed by atoms with van der Waals surface area (Å²) in [6, 6.07) is 18.0. The van der Waals surface area contributed by atoms with Crippen molar-refractivity contribution in [2.24, 2.45) is 4.99 Å². The summed E-state index contributed by atoms with van der Waals surface area (Å²) in [6.07, 6.45) is 0.973. The van der Waals surface area contributed by atoms with E-state index < -0.39 is 11.7 Å². The Bertz CT molecular complexity index is 1400. The van der Waals surface area contributed by atoms with Gasteiger partial charge in [0.2, 0.25) is 0 Å². The van der Waals surface area contributed by atoms with E-state index in [-0.39, 0.29) is 5.91 Å². The second-order valence-electron chi connectivity index (χ2n) is 8.60. The minimum atomic E-state index is -4.43. The van der Waals surface area contributed by atoms with Crippen LogP contribution in [0.5, 0.6) is 0 Å². The number of rotatable bonds is 6. The van der Waals surface area contributed by atoms with Gasteiger partial charge in [-0.3, -0.25) is 4.79 Å². The lowest BCUT2D eigenvalue weighted by Crippen LogP contribution is -2.24. The second-order valence-corrected chi connectivity index (χ2v) is 9.68. The van der Waals surface area contributed by atoms with Crippen molar-refractivity contribution in [3.63, 3.8) is 0 Å². The molecular formula is C28H23F3N2O2S. The first kappa shape index (κ1) is 24.1. The smallest absolute Gasteiger partial charge is 0.416 e. The lowest BCUT2D eigenvalue weighted by atomic mass is 9.95. The Morgan fingerprint density at radius 2 is 1.83 bits per heavy atom. The second kappa shape index (κ2) is 10.1. The molecule has 1 N–H and O–H groups in total. The summed E-state index contributed by atoms with van der Waals surface area (Å²) >= 11 is 1.51. The molecule has 2 heterocycles. The van der Waals surface area contributed by atoms with Crippen LogP contribution in [0.1, 0.15) is 50.5 Å². The first-order valence-electron chi connectivity index (χ1n) is 11.7. The minimum Gasteiger partial charge on any atom is -0.455 e. The predicted molar refractivity (Wildman–Crippen MR) is 135 cm³/mol. The Kier molecular flexibility index (Phi) is 6.78. The Morgan fingerprint density at radius 3 is 2.64 bits per heavy atom. The molecule has 4 nitrogen and oxygen atoms in total. The van der Waals surface area contributed by atoms with E-state index in [1.165, 1.54) is 28.5 Å². The molecule has 0 fully saturated rings. The molecule has 2 aromatic heterocycles. The molecule has 0 unspecified atom stereocenters. The number of thiophene rings is 1. The highest BCUT2D eigenvalue weighted by Gasteiger charge is 2.30. The van der Waals surface area contributed by atoms with Crippen LogP contribution in [0.4, 0.5) is 18.2 Å². The minimum absolute atomic E-state index is 0.158. The topological polar surface area (TPSA) is 54.6 Å². The molecule has 0 atom stereocenters. The van der Waals surface area contributed by atoms with Crippen molar-refractivity contribution in [2.75, 3.05) is 0 Å². The molecule has 0 aliphatic heterocycles. The van der Waals surface area contributed by atoms with Gasteiger partial charge in [0.25, 0.3) is 5.91 Å². The highest BCUT2D eigenvalue weighted by atomic mass is 32.1. The lowest BCUT2D eigenvalue weighted by molar-refractivity contribution is -0.137. The average Bonchev–Trinajstić information content (AvgIpc) is 3.51. The number of benzene rings is 2. The first-order valence-corrected chi connectivity index (χ1v) is 12.5. The summed E-state index contributed by atoms with van der Waals surface area (Å²) in [5.41, 5.74) is 2.27. The summed E-state index contributed by atoms with van der Waals surface area (Å²) in [4.78, 5) is 19.0. The van der Waals surface area contributed by atoms with Crippen LogP contribution < -0.4 is 5.32 Å². The number of furan rings is 1. The van der Waals surface area contributed by atoms with Crippen molar-refractivity contribution in [3.8, 4) is 11.3 Å². The Labute approximate surface area is 210 Å². The highest BCUT2D eigenvalue weighted by molar-refractivity contribution is 7.16. The number of carbonyl (C=O) groups is 1. The quantitative estimate of drug-likeness (QED) is 0.273. The maximum atomic E-state index is 13.2. The molecule has 0 radical (unpaired) electrons. The summed E-state index contributed by atoms with van der Waals surface area (Å²) in [7, 11) is 0. The molecule has 184 valence electrons. The largest absolute Gasteiger partial charge is 0.455 e. The SMILES string of the molecule is O=C(NCc1ccccc1)c1c(/N=C\c2ccc(-c3cccc(C(F)(F)F)c3)o2)sc2c1CCCC2. The number of fused-ring (bicyclic) bond motifs is 1.